The van der Waals surface area contributed by atoms with Crippen molar-refractivity contribution in [3.05, 3.63) is 74.4 Å². The third-order valence-corrected chi connectivity index (χ3v) is 5.23. The smallest absolute Gasteiger partial charge is 0.261 e. The van der Waals surface area contributed by atoms with Crippen LogP contribution in [0.25, 0.3) is 10.9 Å². The highest BCUT2D eigenvalue weighted by atomic mass is 35.5. The Balaban J connectivity index is 2.00. The summed E-state index contributed by atoms with van der Waals surface area (Å²) in [5.41, 5.74) is 5.68. The number of fused-ring (bicyclic) bond motifs is 1. The zero-order chi connectivity index (χ0) is 19.4. The summed E-state index contributed by atoms with van der Waals surface area (Å²) in [4.78, 5) is 32.1. The Labute approximate surface area is 165 Å². The van der Waals surface area contributed by atoms with Gasteiger partial charge in [-0.3, -0.25) is 19.1 Å². The monoisotopic (exact) mass is 402 g/mol. The van der Waals surface area contributed by atoms with E-state index in [1.165, 1.54) is 15.9 Å². The molecule has 0 atom stereocenters. The van der Waals surface area contributed by atoms with Gasteiger partial charge in [0.05, 0.1) is 21.8 Å². The minimum atomic E-state index is -0.587. The van der Waals surface area contributed by atoms with Gasteiger partial charge in [-0.05, 0) is 24.3 Å². The van der Waals surface area contributed by atoms with E-state index >= 15 is 0 Å². The molecule has 0 spiro atoms. The van der Waals surface area contributed by atoms with E-state index in [1.54, 1.807) is 24.3 Å². The van der Waals surface area contributed by atoms with Crippen LogP contribution in [0, 0.1) is 0 Å². The van der Waals surface area contributed by atoms with Crippen molar-refractivity contribution >= 4 is 39.7 Å². The summed E-state index contributed by atoms with van der Waals surface area (Å²) < 4.78 is 2.07. The van der Waals surface area contributed by atoms with Gasteiger partial charge in [0.15, 0.2) is 0 Å². The topological polar surface area (TPSA) is 81.2 Å². The van der Waals surface area contributed by atoms with Crippen molar-refractivity contribution in [2.24, 2.45) is 5.73 Å². The highest BCUT2D eigenvalue weighted by molar-refractivity contribution is 7.16. The van der Waals surface area contributed by atoms with Crippen LogP contribution in [-0.4, -0.2) is 26.9 Å². The molecule has 8 heteroatoms. The van der Waals surface area contributed by atoms with Gasteiger partial charge in [0, 0.05) is 18.0 Å². The van der Waals surface area contributed by atoms with Gasteiger partial charge in [-0.1, -0.05) is 29.8 Å². The van der Waals surface area contributed by atoms with Crippen molar-refractivity contribution in [1.29, 1.82) is 0 Å². The van der Waals surface area contributed by atoms with E-state index in [0.717, 1.165) is 9.21 Å². The minimum Gasteiger partial charge on any atom is -0.368 e. The highest BCUT2D eigenvalue weighted by Crippen LogP contribution is 2.23. The normalized spacial score (nSPS) is 11.2. The van der Waals surface area contributed by atoms with Gasteiger partial charge in [0.25, 0.3) is 5.56 Å². The summed E-state index contributed by atoms with van der Waals surface area (Å²) in [5.74, 6) is -0.0993. The van der Waals surface area contributed by atoms with Gasteiger partial charge in [-0.2, -0.15) is 0 Å². The van der Waals surface area contributed by atoms with E-state index in [-0.39, 0.29) is 12.1 Å². The molecule has 0 aliphatic heterocycles. The number of nitrogens with two attached hydrogens (primary N) is 1. The minimum absolute atomic E-state index is 0.210. The predicted octanol–water partition coefficient (Wildman–Crippen LogP) is 2.78. The molecule has 2 N–H and O–H groups in total. The molecular weight excluding hydrogens is 384 g/mol. The first kappa shape index (κ1) is 19.3. The lowest BCUT2D eigenvalue weighted by Gasteiger charge is -2.21. The lowest BCUT2D eigenvalue weighted by Crippen LogP contribution is -2.34. The van der Waals surface area contributed by atoms with Crippen LogP contribution in [0.2, 0.25) is 4.34 Å². The van der Waals surface area contributed by atoms with Crippen molar-refractivity contribution in [2.75, 3.05) is 6.54 Å². The second-order valence-electron chi connectivity index (χ2n) is 6.07. The first-order chi connectivity index (χ1) is 13.0. The van der Waals surface area contributed by atoms with Gasteiger partial charge < -0.3 is 5.73 Å². The van der Waals surface area contributed by atoms with Crippen LogP contribution in [0.3, 0.4) is 0 Å². The summed E-state index contributed by atoms with van der Waals surface area (Å²) in [6, 6.07) is 10.9. The number of carbonyl (C=O) groups is 1. The molecule has 0 aliphatic carbocycles. The lowest BCUT2D eigenvalue weighted by molar-refractivity contribution is -0.118. The third-order valence-electron chi connectivity index (χ3n) is 4.02. The quantitative estimate of drug-likeness (QED) is 0.587. The molecule has 3 rings (SSSR count). The molecule has 0 unspecified atom stereocenters. The number of thiophene rings is 1. The summed E-state index contributed by atoms with van der Waals surface area (Å²) >= 11 is 7.52. The molecule has 1 amide bonds. The number of rotatable bonds is 8. The fourth-order valence-corrected chi connectivity index (χ4v) is 4.01. The van der Waals surface area contributed by atoms with Crippen molar-refractivity contribution in [2.45, 2.75) is 19.6 Å². The largest absolute Gasteiger partial charge is 0.368 e. The lowest BCUT2D eigenvalue weighted by atomic mass is 10.2. The zero-order valence-electron chi connectivity index (χ0n) is 14.6. The zero-order valence-corrected chi connectivity index (χ0v) is 16.2. The van der Waals surface area contributed by atoms with Crippen LogP contribution in [0.15, 0.2) is 53.8 Å². The average molecular weight is 403 g/mol. The Morgan fingerprint density at radius 3 is 2.74 bits per heavy atom. The van der Waals surface area contributed by atoms with Crippen LogP contribution < -0.4 is 11.3 Å². The van der Waals surface area contributed by atoms with Crippen molar-refractivity contribution < 1.29 is 4.79 Å². The Bertz CT molecular complexity index is 1040. The molecule has 27 heavy (non-hydrogen) atoms. The molecule has 0 saturated carbocycles. The summed E-state index contributed by atoms with van der Waals surface area (Å²) in [6.07, 6.45) is 1.78. The second kappa shape index (κ2) is 8.47. The second-order valence-corrected chi connectivity index (χ2v) is 7.87. The number of benzene rings is 1. The van der Waals surface area contributed by atoms with Gasteiger partial charge in [0.1, 0.15) is 12.4 Å². The SMILES string of the molecule is C=CCN(Cc1ccc(Cl)s1)Cc1nc2ccccc2c(=O)n1CC(N)=O. The number of para-hydroxylation sites is 1. The van der Waals surface area contributed by atoms with Crippen LogP contribution in [0.4, 0.5) is 0 Å². The molecule has 2 heterocycles. The Morgan fingerprint density at radius 2 is 2.07 bits per heavy atom. The third kappa shape index (κ3) is 4.63. The summed E-state index contributed by atoms with van der Waals surface area (Å²) in [6.45, 7) is 5.18. The van der Waals surface area contributed by atoms with Crippen molar-refractivity contribution in [1.82, 2.24) is 14.5 Å². The van der Waals surface area contributed by atoms with Gasteiger partial charge in [0.2, 0.25) is 5.91 Å². The molecule has 0 saturated heterocycles. The number of hydrogen-bond acceptors (Lipinski definition) is 5. The van der Waals surface area contributed by atoms with Crippen LogP contribution in [-0.2, 0) is 24.4 Å². The maximum absolute atomic E-state index is 12.8. The first-order valence-corrected chi connectivity index (χ1v) is 9.51. The summed E-state index contributed by atoms with van der Waals surface area (Å²) in [5, 5.41) is 0.461. The number of halogens is 1. The van der Waals surface area contributed by atoms with Gasteiger partial charge >= 0.3 is 0 Å². The summed E-state index contributed by atoms with van der Waals surface area (Å²) in [7, 11) is 0. The number of carbonyl (C=O) groups excluding carboxylic acids is 1. The van der Waals surface area contributed by atoms with E-state index in [1.807, 2.05) is 18.2 Å². The average Bonchev–Trinajstić information content (AvgIpc) is 3.03. The van der Waals surface area contributed by atoms with E-state index in [4.69, 9.17) is 17.3 Å². The molecule has 140 valence electrons. The maximum atomic E-state index is 12.8. The fraction of sp³-hybridized carbons (Fsp3) is 0.211. The molecule has 0 bridgehead atoms. The molecular formula is C19H19ClN4O2S. The highest BCUT2D eigenvalue weighted by Gasteiger charge is 2.16. The van der Waals surface area contributed by atoms with Crippen molar-refractivity contribution in [3.8, 4) is 0 Å². The number of amides is 1. The molecule has 3 aromatic rings. The fourth-order valence-electron chi connectivity index (χ4n) is 2.88. The first-order valence-electron chi connectivity index (χ1n) is 8.32. The Morgan fingerprint density at radius 1 is 1.30 bits per heavy atom. The Hall–Kier alpha value is -2.48. The molecule has 0 radical (unpaired) electrons. The van der Waals surface area contributed by atoms with Crippen LogP contribution in [0.1, 0.15) is 10.7 Å². The molecule has 0 fully saturated rings. The van der Waals surface area contributed by atoms with Crippen LogP contribution in [0.5, 0.6) is 0 Å². The van der Waals surface area contributed by atoms with E-state index in [9.17, 15) is 9.59 Å². The number of nitrogens with zero attached hydrogens (tertiary/aromatic N) is 3. The standard InChI is InChI=1S/C19H19ClN4O2S/c1-2-9-23(10-13-7-8-16(20)27-13)12-18-22-15-6-4-3-5-14(15)19(26)24(18)11-17(21)25/h2-8H,1,9-12H2,(H2,21,25). The number of aromatic nitrogens is 2. The predicted molar refractivity (Wildman–Crippen MR) is 109 cm³/mol. The number of primary amides is 1. The Kier molecular flexibility index (Phi) is 6.05. The van der Waals surface area contributed by atoms with Gasteiger partial charge in [-0.15, -0.1) is 17.9 Å². The van der Waals surface area contributed by atoms with E-state index in [0.29, 0.717) is 36.4 Å². The maximum Gasteiger partial charge on any atom is 0.261 e. The molecule has 0 aliphatic rings. The number of hydrogen-bond donors (Lipinski definition) is 1. The van der Waals surface area contributed by atoms with E-state index < -0.39 is 5.91 Å². The van der Waals surface area contributed by atoms with Crippen molar-refractivity contribution in [3.63, 3.8) is 0 Å². The molecule has 1 aromatic carbocycles. The molecule has 6 nitrogen and oxygen atoms in total. The van der Waals surface area contributed by atoms with Gasteiger partial charge in [-0.25, -0.2) is 4.98 Å². The van der Waals surface area contributed by atoms with Crippen LogP contribution >= 0.6 is 22.9 Å². The van der Waals surface area contributed by atoms with E-state index in [2.05, 4.69) is 16.5 Å². The molecule has 2 aromatic heterocycles.